The van der Waals surface area contributed by atoms with Crippen LogP contribution < -0.4 is 9.47 Å². The zero-order chi connectivity index (χ0) is 12.3. The Morgan fingerprint density at radius 3 is 2.44 bits per heavy atom. The van der Waals surface area contributed by atoms with Gasteiger partial charge in [0, 0.05) is 6.07 Å². The summed E-state index contributed by atoms with van der Waals surface area (Å²) in [6.07, 6.45) is 0. The highest BCUT2D eigenvalue weighted by Gasteiger charge is 2.22. The van der Waals surface area contributed by atoms with Gasteiger partial charge < -0.3 is 24.8 Å². The van der Waals surface area contributed by atoms with Crippen LogP contribution in [0, 0.1) is 0 Å². The summed E-state index contributed by atoms with van der Waals surface area (Å²) in [6, 6.07) is 0.908. The maximum atomic E-state index is 10.7. The summed E-state index contributed by atoms with van der Waals surface area (Å²) < 4.78 is 9.85. The molecule has 0 radical (unpaired) electrons. The van der Waals surface area contributed by atoms with Gasteiger partial charge in [0.15, 0.2) is 11.5 Å². The van der Waals surface area contributed by atoms with Gasteiger partial charge in [-0.1, -0.05) is 0 Å². The largest absolute Gasteiger partial charge is 0.504 e. The molecule has 1 rings (SSSR count). The number of methoxy groups -OCH3 is 1. The SMILES string of the molecule is CCOc1c(O)cc(C(=O)O)c(O)c1OC. The first-order valence-corrected chi connectivity index (χ1v) is 4.51. The lowest BCUT2D eigenvalue weighted by Crippen LogP contribution is -2.02. The predicted octanol–water partition coefficient (Wildman–Crippen LogP) is 1.20. The lowest BCUT2D eigenvalue weighted by atomic mass is 10.1. The van der Waals surface area contributed by atoms with Crippen LogP contribution in [0.5, 0.6) is 23.0 Å². The molecule has 0 atom stereocenters. The molecule has 0 aromatic heterocycles. The number of benzene rings is 1. The van der Waals surface area contributed by atoms with Crippen LogP contribution in [0.1, 0.15) is 17.3 Å². The number of hydrogen-bond donors (Lipinski definition) is 3. The van der Waals surface area contributed by atoms with Crippen molar-refractivity contribution in [3.05, 3.63) is 11.6 Å². The summed E-state index contributed by atoms with van der Waals surface area (Å²) in [4.78, 5) is 10.7. The first-order chi connectivity index (χ1) is 7.52. The van der Waals surface area contributed by atoms with Crippen molar-refractivity contribution in [2.24, 2.45) is 0 Å². The number of hydrogen-bond acceptors (Lipinski definition) is 5. The van der Waals surface area contributed by atoms with Gasteiger partial charge in [0.2, 0.25) is 11.5 Å². The highest BCUT2D eigenvalue weighted by molar-refractivity contribution is 5.93. The molecule has 1 aromatic carbocycles. The highest BCUT2D eigenvalue weighted by atomic mass is 16.5. The maximum Gasteiger partial charge on any atom is 0.339 e. The Labute approximate surface area is 91.7 Å². The van der Waals surface area contributed by atoms with Gasteiger partial charge in [-0.05, 0) is 6.92 Å². The molecule has 1 aromatic rings. The predicted molar refractivity (Wildman–Crippen MR) is 54.5 cm³/mol. The number of phenols is 2. The Balaban J connectivity index is 3.43. The third kappa shape index (κ3) is 1.95. The molecular formula is C10H12O6. The van der Waals surface area contributed by atoms with Crippen LogP contribution in [0.25, 0.3) is 0 Å². The van der Waals surface area contributed by atoms with E-state index in [2.05, 4.69) is 0 Å². The van der Waals surface area contributed by atoms with Crippen LogP contribution in [0.3, 0.4) is 0 Å². The standard InChI is InChI=1S/C10H12O6/c1-3-16-8-6(11)4-5(10(13)14)7(12)9(8)15-2/h4,11-12H,3H2,1-2H3,(H,13,14). The molecule has 0 aliphatic rings. The fourth-order valence-electron chi connectivity index (χ4n) is 1.25. The first kappa shape index (κ1) is 12.0. The molecule has 0 fully saturated rings. The van der Waals surface area contributed by atoms with Crippen molar-refractivity contribution in [2.75, 3.05) is 13.7 Å². The molecule has 0 amide bonds. The first-order valence-electron chi connectivity index (χ1n) is 4.51. The van der Waals surface area contributed by atoms with Crippen molar-refractivity contribution in [2.45, 2.75) is 6.92 Å². The minimum Gasteiger partial charge on any atom is -0.504 e. The van der Waals surface area contributed by atoms with Crippen molar-refractivity contribution >= 4 is 5.97 Å². The minimum absolute atomic E-state index is 0.0764. The quantitative estimate of drug-likeness (QED) is 0.670. The highest BCUT2D eigenvalue weighted by Crippen LogP contribution is 2.45. The Morgan fingerprint density at radius 1 is 1.38 bits per heavy atom. The summed E-state index contributed by atoms with van der Waals surface area (Å²) in [5.41, 5.74) is -0.446. The molecule has 0 spiro atoms. The molecule has 0 bridgehead atoms. The maximum absolute atomic E-state index is 10.7. The van der Waals surface area contributed by atoms with E-state index in [4.69, 9.17) is 14.6 Å². The van der Waals surface area contributed by atoms with Gasteiger partial charge in [-0.2, -0.15) is 0 Å². The third-order valence-electron chi connectivity index (χ3n) is 1.91. The second-order valence-corrected chi connectivity index (χ2v) is 2.89. The number of aromatic hydroxyl groups is 2. The Hall–Kier alpha value is -2.11. The molecule has 0 saturated carbocycles. The van der Waals surface area contributed by atoms with Crippen molar-refractivity contribution in [3.63, 3.8) is 0 Å². The van der Waals surface area contributed by atoms with Crippen LogP contribution in [0.2, 0.25) is 0 Å². The molecule has 88 valence electrons. The van der Waals surface area contributed by atoms with E-state index in [9.17, 15) is 15.0 Å². The van der Waals surface area contributed by atoms with Gasteiger partial charge in [-0.3, -0.25) is 0 Å². The molecule has 0 aliphatic carbocycles. The van der Waals surface area contributed by atoms with Crippen molar-refractivity contribution in [1.29, 1.82) is 0 Å². The Morgan fingerprint density at radius 2 is 2.00 bits per heavy atom. The van der Waals surface area contributed by atoms with Crippen LogP contribution >= 0.6 is 0 Å². The summed E-state index contributed by atoms with van der Waals surface area (Å²) in [7, 11) is 1.24. The molecule has 0 heterocycles. The summed E-state index contributed by atoms with van der Waals surface area (Å²) >= 11 is 0. The zero-order valence-electron chi connectivity index (χ0n) is 8.85. The van der Waals surface area contributed by atoms with E-state index < -0.39 is 23.0 Å². The molecule has 0 saturated heterocycles. The Kier molecular flexibility index (Phi) is 3.44. The molecule has 6 heteroatoms. The normalized spacial score (nSPS) is 9.88. The van der Waals surface area contributed by atoms with Crippen molar-refractivity contribution in [3.8, 4) is 23.0 Å². The molecule has 0 unspecified atom stereocenters. The zero-order valence-corrected chi connectivity index (χ0v) is 8.85. The van der Waals surface area contributed by atoms with E-state index in [1.54, 1.807) is 6.92 Å². The lowest BCUT2D eigenvalue weighted by Gasteiger charge is -2.13. The van der Waals surface area contributed by atoms with Crippen LogP contribution in [-0.2, 0) is 0 Å². The number of aromatic carboxylic acids is 1. The van der Waals surface area contributed by atoms with E-state index in [1.807, 2.05) is 0 Å². The number of ether oxygens (including phenoxy) is 2. The lowest BCUT2D eigenvalue weighted by molar-refractivity contribution is 0.0692. The van der Waals surface area contributed by atoms with Gasteiger partial charge in [0.05, 0.1) is 13.7 Å². The number of carboxylic acid groups (broad SMARTS) is 1. The van der Waals surface area contributed by atoms with Crippen LogP contribution in [0.15, 0.2) is 6.07 Å². The minimum atomic E-state index is -1.37. The van der Waals surface area contributed by atoms with E-state index in [0.29, 0.717) is 0 Å². The average molecular weight is 228 g/mol. The van der Waals surface area contributed by atoms with Crippen molar-refractivity contribution in [1.82, 2.24) is 0 Å². The topological polar surface area (TPSA) is 96.2 Å². The van der Waals surface area contributed by atoms with E-state index in [-0.39, 0.29) is 18.1 Å². The van der Waals surface area contributed by atoms with Gasteiger partial charge >= 0.3 is 5.97 Å². The second kappa shape index (κ2) is 4.61. The van der Waals surface area contributed by atoms with E-state index >= 15 is 0 Å². The number of carboxylic acids is 1. The summed E-state index contributed by atoms with van der Waals surface area (Å²) in [5, 5.41) is 27.9. The smallest absolute Gasteiger partial charge is 0.339 e. The van der Waals surface area contributed by atoms with Gasteiger partial charge in [-0.25, -0.2) is 4.79 Å². The van der Waals surface area contributed by atoms with E-state index in [1.165, 1.54) is 7.11 Å². The number of rotatable bonds is 4. The number of phenolic OH excluding ortho intramolecular Hbond substituents is 1. The van der Waals surface area contributed by atoms with Crippen LogP contribution in [0.4, 0.5) is 0 Å². The van der Waals surface area contributed by atoms with Gasteiger partial charge in [0.25, 0.3) is 0 Å². The summed E-state index contributed by atoms with van der Waals surface area (Å²) in [5.74, 6) is -2.61. The molecule has 0 aliphatic heterocycles. The second-order valence-electron chi connectivity index (χ2n) is 2.89. The summed E-state index contributed by atoms with van der Waals surface area (Å²) in [6.45, 7) is 1.93. The monoisotopic (exact) mass is 228 g/mol. The fraction of sp³-hybridized carbons (Fsp3) is 0.300. The average Bonchev–Trinajstić information content (AvgIpc) is 2.23. The Bertz CT molecular complexity index is 412. The molecule has 6 nitrogen and oxygen atoms in total. The fourth-order valence-corrected chi connectivity index (χ4v) is 1.25. The van der Waals surface area contributed by atoms with Gasteiger partial charge in [0.1, 0.15) is 5.56 Å². The molecule has 3 N–H and O–H groups in total. The van der Waals surface area contributed by atoms with Crippen LogP contribution in [-0.4, -0.2) is 35.0 Å². The molecular weight excluding hydrogens is 216 g/mol. The van der Waals surface area contributed by atoms with Gasteiger partial charge in [-0.15, -0.1) is 0 Å². The number of carbonyl (C=O) groups is 1. The third-order valence-corrected chi connectivity index (χ3v) is 1.91. The van der Waals surface area contributed by atoms with E-state index in [0.717, 1.165) is 6.07 Å². The molecule has 16 heavy (non-hydrogen) atoms. The van der Waals surface area contributed by atoms with Crippen molar-refractivity contribution < 1.29 is 29.6 Å².